The van der Waals surface area contributed by atoms with Crippen LogP contribution in [0.15, 0.2) is 70.6 Å². The fourth-order valence-electron chi connectivity index (χ4n) is 2.03. The minimum atomic E-state index is -0.200. The van der Waals surface area contributed by atoms with Gasteiger partial charge in [0.15, 0.2) is 0 Å². The number of fused-ring (bicyclic) bond motifs is 1. The lowest BCUT2D eigenvalue weighted by Crippen LogP contribution is -2.10. The summed E-state index contributed by atoms with van der Waals surface area (Å²) in [6.07, 6.45) is 3.40. The van der Waals surface area contributed by atoms with Crippen LogP contribution >= 0.6 is 15.9 Å². The number of hydrogen-bond acceptors (Lipinski definition) is 4. The summed E-state index contributed by atoms with van der Waals surface area (Å²) in [5, 5.41) is 4.59. The highest BCUT2D eigenvalue weighted by Gasteiger charge is 2.01. The molecule has 0 aliphatic carbocycles. The van der Waals surface area contributed by atoms with Crippen molar-refractivity contribution in [2.45, 2.75) is 0 Å². The smallest absolute Gasteiger partial charge is 0.260 e. The van der Waals surface area contributed by atoms with Gasteiger partial charge in [0.25, 0.3) is 5.56 Å². The van der Waals surface area contributed by atoms with Crippen molar-refractivity contribution < 1.29 is 0 Å². The van der Waals surface area contributed by atoms with Gasteiger partial charge in [0.1, 0.15) is 0 Å². The number of H-pyrrole nitrogens is 1. The number of nitrogens with one attached hydrogen (secondary N) is 2. The molecule has 0 aliphatic heterocycles. The summed E-state index contributed by atoms with van der Waals surface area (Å²) in [4.78, 5) is 18.9. The van der Waals surface area contributed by atoms with Gasteiger partial charge in [0, 0.05) is 10.7 Å². The Kier molecular flexibility index (Phi) is 4.63. The monoisotopic (exact) mass is 368 g/mol. The van der Waals surface area contributed by atoms with Crippen molar-refractivity contribution in [3.8, 4) is 0 Å². The summed E-state index contributed by atoms with van der Waals surface area (Å²) >= 11 is 3.49. The van der Waals surface area contributed by atoms with Gasteiger partial charge in [-0.15, -0.1) is 0 Å². The molecule has 0 fully saturated rings. The number of nitrogens with zero attached hydrogens (tertiary/aromatic N) is 2. The average Bonchev–Trinajstić information content (AvgIpc) is 2.59. The van der Waals surface area contributed by atoms with E-state index in [2.05, 4.69) is 36.4 Å². The van der Waals surface area contributed by atoms with Crippen LogP contribution in [-0.2, 0) is 0 Å². The highest BCUT2D eigenvalue weighted by atomic mass is 79.9. The Morgan fingerprint density at radius 2 is 1.87 bits per heavy atom. The summed E-state index contributed by atoms with van der Waals surface area (Å²) in [7, 11) is 0. The van der Waals surface area contributed by atoms with Crippen molar-refractivity contribution in [2.75, 3.05) is 5.43 Å². The summed E-state index contributed by atoms with van der Waals surface area (Å²) < 4.78 is 0.906. The van der Waals surface area contributed by atoms with E-state index in [1.807, 2.05) is 42.5 Å². The van der Waals surface area contributed by atoms with Gasteiger partial charge in [-0.05, 0) is 23.8 Å². The molecule has 0 spiro atoms. The maximum Gasteiger partial charge on any atom is 0.260 e. The molecule has 3 rings (SSSR count). The van der Waals surface area contributed by atoms with Gasteiger partial charge in [-0.25, -0.2) is 10.4 Å². The number of hydrazone groups is 1. The lowest BCUT2D eigenvalue weighted by atomic mass is 10.2. The molecule has 1 heterocycles. The van der Waals surface area contributed by atoms with Gasteiger partial charge >= 0.3 is 0 Å². The second-order valence-electron chi connectivity index (χ2n) is 4.70. The third-order valence-corrected chi connectivity index (χ3v) is 3.85. The number of benzene rings is 2. The molecule has 23 heavy (non-hydrogen) atoms. The topological polar surface area (TPSA) is 70.1 Å². The standard InChI is InChI=1S/C17H13BrN4O/c18-14(12-6-2-1-3-7-12)10-11-19-22-17-20-15-9-5-4-8-13(15)16(23)21-17/h1-11H,(H2,20,21,22,23)/b14-10-,19-11+. The van der Waals surface area contributed by atoms with Crippen LogP contribution in [0.5, 0.6) is 0 Å². The summed E-state index contributed by atoms with van der Waals surface area (Å²) in [5.74, 6) is 0.300. The molecule has 3 aromatic rings. The Labute approximate surface area is 140 Å². The molecule has 114 valence electrons. The molecule has 5 nitrogen and oxygen atoms in total. The quantitative estimate of drug-likeness (QED) is 0.544. The van der Waals surface area contributed by atoms with Crippen LogP contribution in [0.4, 0.5) is 5.95 Å². The van der Waals surface area contributed by atoms with E-state index in [1.54, 1.807) is 24.4 Å². The van der Waals surface area contributed by atoms with Crippen LogP contribution in [0, 0.1) is 0 Å². The maximum absolute atomic E-state index is 11.9. The number of rotatable bonds is 4. The molecule has 2 N–H and O–H groups in total. The summed E-state index contributed by atoms with van der Waals surface area (Å²) in [6, 6.07) is 17.0. The Morgan fingerprint density at radius 1 is 1.13 bits per heavy atom. The van der Waals surface area contributed by atoms with Crippen LogP contribution in [0.25, 0.3) is 15.4 Å². The molecule has 6 heteroatoms. The fourth-order valence-corrected chi connectivity index (χ4v) is 2.42. The van der Waals surface area contributed by atoms with E-state index in [0.717, 1.165) is 10.0 Å². The first-order chi connectivity index (χ1) is 11.2. The van der Waals surface area contributed by atoms with E-state index in [4.69, 9.17) is 0 Å². The number of aromatic amines is 1. The van der Waals surface area contributed by atoms with Gasteiger partial charge in [0.2, 0.25) is 5.95 Å². The van der Waals surface area contributed by atoms with Crippen LogP contribution in [0.3, 0.4) is 0 Å². The van der Waals surface area contributed by atoms with Gasteiger partial charge in [-0.2, -0.15) is 5.10 Å². The predicted octanol–water partition coefficient (Wildman–Crippen LogP) is 3.76. The molecule has 0 atom stereocenters. The number of halogens is 1. The number of aromatic nitrogens is 2. The van der Waals surface area contributed by atoms with Crippen molar-refractivity contribution in [2.24, 2.45) is 5.10 Å². The van der Waals surface area contributed by atoms with E-state index in [1.165, 1.54) is 0 Å². The van der Waals surface area contributed by atoms with Gasteiger partial charge in [-0.1, -0.05) is 58.4 Å². The molecular weight excluding hydrogens is 356 g/mol. The number of para-hydroxylation sites is 1. The molecule has 0 unspecified atom stereocenters. The highest BCUT2D eigenvalue weighted by molar-refractivity contribution is 9.15. The van der Waals surface area contributed by atoms with Crippen molar-refractivity contribution in [1.29, 1.82) is 0 Å². The summed E-state index contributed by atoms with van der Waals surface area (Å²) in [6.45, 7) is 0. The van der Waals surface area contributed by atoms with Gasteiger partial charge < -0.3 is 0 Å². The minimum absolute atomic E-state index is 0.200. The molecule has 0 radical (unpaired) electrons. The Bertz CT molecular complexity index is 932. The molecule has 0 amide bonds. The first-order valence-corrected chi connectivity index (χ1v) is 7.73. The SMILES string of the molecule is O=c1[nH]c(N/N=C/C=C(\Br)c2ccccc2)nc2ccccc12. The second kappa shape index (κ2) is 7.02. The zero-order chi connectivity index (χ0) is 16.1. The Balaban J connectivity index is 1.74. The molecule has 0 aliphatic rings. The third-order valence-electron chi connectivity index (χ3n) is 3.13. The Morgan fingerprint density at radius 3 is 2.70 bits per heavy atom. The van der Waals surface area contributed by atoms with Crippen LogP contribution in [-0.4, -0.2) is 16.2 Å². The van der Waals surface area contributed by atoms with Gasteiger partial charge in [-0.3, -0.25) is 9.78 Å². The van der Waals surface area contributed by atoms with E-state index in [9.17, 15) is 4.79 Å². The zero-order valence-electron chi connectivity index (χ0n) is 12.0. The zero-order valence-corrected chi connectivity index (χ0v) is 13.6. The Hall–Kier alpha value is -2.73. The van der Waals surface area contributed by atoms with Crippen LogP contribution in [0.1, 0.15) is 5.56 Å². The number of hydrogen-bond donors (Lipinski definition) is 2. The molecule has 2 aromatic carbocycles. The highest BCUT2D eigenvalue weighted by Crippen LogP contribution is 2.19. The van der Waals surface area contributed by atoms with Crippen molar-refractivity contribution in [1.82, 2.24) is 9.97 Å². The lowest BCUT2D eigenvalue weighted by Gasteiger charge is -2.01. The first kappa shape index (κ1) is 15.2. The van der Waals surface area contributed by atoms with Crippen molar-refractivity contribution in [3.05, 3.63) is 76.6 Å². The van der Waals surface area contributed by atoms with Crippen molar-refractivity contribution in [3.63, 3.8) is 0 Å². The molecule has 0 saturated heterocycles. The first-order valence-electron chi connectivity index (χ1n) is 6.93. The molecule has 1 aromatic heterocycles. The minimum Gasteiger partial charge on any atom is -0.291 e. The molecular formula is C17H13BrN4O. The largest absolute Gasteiger partial charge is 0.291 e. The fraction of sp³-hybridized carbons (Fsp3) is 0. The normalized spacial score (nSPS) is 12.0. The lowest BCUT2D eigenvalue weighted by molar-refractivity contribution is 1.12. The molecule has 0 saturated carbocycles. The van der Waals surface area contributed by atoms with E-state index < -0.39 is 0 Å². The van der Waals surface area contributed by atoms with E-state index in [0.29, 0.717) is 16.9 Å². The van der Waals surface area contributed by atoms with Crippen LogP contribution < -0.4 is 11.0 Å². The van der Waals surface area contributed by atoms with Crippen LogP contribution in [0.2, 0.25) is 0 Å². The maximum atomic E-state index is 11.9. The third kappa shape index (κ3) is 3.73. The summed E-state index contributed by atoms with van der Waals surface area (Å²) in [5.41, 5.74) is 4.19. The van der Waals surface area contributed by atoms with Gasteiger partial charge in [0.05, 0.1) is 10.9 Å². The molecule has 0 bridgehead atoms. The number of allylic oxidation sites excluding steroid dienone is 1. The second-order valence-corrected chi connectivity index (χ2v) is 5.56. The van der Waals surface area contributed by atoms with Crippen molar-refractivity contribution >= 4 is 43.5 Å². The average molecular weight is 369 g/mol. The van der Waals surface area contributed by atoms with E-state index in [-0.39, 0.29) is 5.56 Å². The van der Waals surface area contributed by atoms with E-state index >= 15 is 0 Å². The predicted molar refractivity (Wildman–Crippen MR) is 97.8 cm³/mol. The number of anilines is 1.